The van der Waals surface area contributed by atoms with Gasteiger partial charge in [-0.1, -0.05) is 13.2 Å². The van der Waals surface area contributed by atoms with Crippen LogP contribution in [0, 0.1) is 0 Å². The molecule has 12 heavy (non-hydrogen) atoms. The highest BCUT2D eigenvalue weighted by Crippen LogP contribution is 1.58. The summed E-state index contributed by atoms with van der Waals surface area (Å²) in [5, 5.41) is 0. The van der Waals surface area contributed by atoms with Crippen LogP contribution in [0.4, 0.5) is 0 Å². The SMILES string of the molecule is C=CN=C(N)N.C=CN=C(N)N. The molecule has 0 aliphatic carbocycles. The lowest BCUT2D eigenvalue weighted by Crippen LogP contribution is -2.21. The van der Waals surface area contributed by atoms with Crippen molar-refractivity contribution in [3.05, 3.63) is 25.6 Å². The van der Waals surface area contributed by atoms with Gasteiger partial charge < -0.3 is 22.9 Å². The molecule has 0 fully saturated rings. The molecule has 0 bridgehead atoms. The van der Waals surface area contributed by atoms with E-state index < -0.39 is 0 Å². The van der Waals surface area contributed by atoms with Crippen LogP contribution in [-0.4, -0.2) is 11.9 Å². The van der Waals surface area contributed by atoms with Crippen LogP contribution in [0.5, 0.6) is 0 Å². The number of aliphatic imine (C=N–C) groups is 2. The Morgan fingerprint density at radius 2 is 1.08 bits per heavy atom. The van der Waals surface area contributed by atoms with E-state index in [2.05, 4.69) is 23.1 Å². The van der Waals surface area contributed by atoms with E-state index in [0.29, 0.717) is 0 Å². The zero-order chi connectivity index (χ0) is 9.98. The lowest BCUT2D eigenvalue weighted by Gasteiger charge is -1.78. The molecule has 0 saturated heterocycles. The van der Waals surface area contributed by atoms with Crippen LogP contribution in [0.25, 0.3) is 0 Å². The van der Waals surface area contributed by atoms with E-state index in [1.807, 2.05) is 0 Å². The Labute approximate surface area is 71.3 Å². The Morgan fingerprint density at radius 1 is 0.833 bits per heavy atom. The molecule has 0 aromatic rings. The second kappa shape index (κ2) is 9.02. The van der Waals surface area contributed by atoms with Gasteiger partial charge in [0.2, 0.25) is 0 Å². The topological polar surface area (TPSA) is 129 Å². The molecule has 0 aliphatic rings. The Balaban J connectivity index is 0. The molecule has 0 aliphatic heterocycles. The monoisotopic (exact) mass is 170 g/mol. The van der Waals surface area contributed by atoms with E-state index in [4.69, 9.17) is 22.9 Å². The lowest BCUT2D eigenvalue weighted by molar-refractivity contribution is 1.44. The van der Waals surface area contributed by atoms with Crippen molar-refractivity contribution in [1.82, 2.24) is 0 Å². The molecule has 6 nitrogen and oxygen atoms in total. The molecule has 0 aromatic heterocycles. The third-order valence-corrected chi connectivity index (χ3v) is 0.481. The zero-order valence-corrected chi connectivity index (χ0v) is 6.77. The summed E-state index contributed by atoms with van der Waals surface area (Å²) in [5.41, 5.74) is 19.4. The van der Waals surface area contributed by atoms with Crippen LogP contribution >= 0.6 is 0 Å². The van der Waals surface area contributed by atoms with Crippen LogP contribution in [0.3, 0.4) is 0 Å². The minimum Gasteiger partial charge on any atom is -0.370 e. The molecule has 6 heteroatoms. The minimum atomic E-state index is 0.0463. The molecule has 0 spiro atoms. The van der Waals surface area contributed by atoms with Crippen molar-refractivity contribution < 1.29 is 0 Å². The largest absolute Gasteiger partial charge is 0.370 e. The van der Waals surface area contributed by atoms with Gasteiger partial charge in [0.25, 0.3) is 0 Å². The first-order valence-electron chi connectivity index (χ1n) is 2.93. The number of guanidine groups is 2. The van der Waals surface area contributed by atoms with E-state index in [-0.39, 0.29) is 11.9 Å². The smallest absolute Gasteiger partial charge is 0.190 e. The second-order valence-electron chi connectivity index (χ2n) is 1.47. The van der Waals surface area contributed by atoms with Gasteiger partial charge in [0.05, 0.1) is 0 Å². The van der Waals surface area contributed by atoms with Crippen molar-refractivity contribution in [2.45, 2.75) is 0 Å². The molecule has 8 N–H and O–H groups in total. The van der Waals surface area contributed by atoms with Gasteiger partial charge in [0.15, 0.2) is 11.9 Å². The molecule has 0 unspecified atom stereocenters. The number of hydrogen-bond acceptors (Lipinski definition) is 2. The van der Waals surface area contributed by atoms with E-state index in [0.717, 1.165) is 0 Å². The van der Waals surface area contributed by atoms with Crippen molar-refractivity contribution in [3.8, 4) is 0 Å². The summed E-state index contributed by atoms with van der Waals surface area (Å²) < 4.78 is 0. The lowest BCUT2D eigenvalue weighted by atomic mass is 11.0. The summed E-state index contributed by atoms with van der Waals surface area (Å²) in [6.07, 6.45) is 2.57. The summed E-state index contributed by atoms with van der Waals surface area (Å²) in [7, 11) is 0. The highest BCUT2D eigenvalue weighted by molar-refractivity contribution is 5.76. The first-order valence-corrected chi connectivity index (χ1v) is 2.93. The van der Waals surface area contributed by atoms with Gasteiger partial charge in [-0.15, -0.1) is 0 Å². The molecule has 0 heterocycles. The van der Waals surface area contributed by atoms with Crippen LogP contribution in [0.15, 0.2) is 35.5 Å². The molecule has 0 amide bonds. The van der Waals surface area contributed by atoms with E-state index >= 15 is 0 Å². The third-order valence-electron chi connectivity index (χ3n) is 0.481. The predicted molar refractivity (Wildman–Crippen MR) is 52.0 cm³/mol. The average molecular weight is 170 g/mol. The summed E-state index contributed by atoms with van der Waals surface area (Å²) in [4.78, 5) is 6.72. The summed E-state index contributed by atoms with van der Waals surface area (Å²) in [6, 6.07) is 0. The van der Waals surface area contributed by atoms with Crippen molar-refractivity contribution in [2.24, 2.45) is 32.9 Å². The summed E-state index contributed by atoms with van der Waals surface area (Å²) in [5.74, 6) is 0.0926. The fourth-order valence-electron chi connectivity index (χ4n) is 0.211. The molecule has 0 aromatic carbocycles. The Bertz CT molecular complexity index is 162. The quantitative estimate of drug-likeness (QED) is 0.306. The van der Waals surface area contributed by atoms with Gasteiger partial charge in [0, 0.05) is 12.4 Å². The van der Waals surface area contributed by atoms with Crippen LogP contribution in [0.1, 0.15) is 0 Å². The molecule has 0 rings (SSSR count). The maximum absolute atomic E-state index is 4.86. The van der Waals surface area contributed by atoms with Crippen LogP contribution < -0.4 is 22.9 Å². The predicted octanol–water partition coefficient (Wildman–Crippen LogP) is -1.19. The summed E-state index contributed by atoms with van der Waals surface area (Å²) >= 11 is 0. The zero-order valence-electron chi connectivity index (χ0n) is 6.77. The first kappa shape index (κ1) is 12.7. The Hall–Kier alpha value is -1.98. The van der Waals surface area contributed by atoms with Gasteiger partial charge in [-0.2, -0.15) is 0 Å². The first-order chi connectivity index (χ1) is 5.54. The highest BCUT2D eigenvalue weighted by Gasteiger charge is 1.65. The van der Waals surface area contributed by atoms with Crippen LogP contribution in [0.2, 0.25) is 0 Å². The number of nitrogens with two attached hydrogens (primary N) is 4. The van der Waals surface area contributed by atoms with Gasteiger partial charge in [0.1, 0.15) is 0 Å². The Morgan fingerprint density at radius 3 is 1.08 bits per heavy atom. The standard InChI is InChI=1S/2C3H7N3/c2*1-2-6-3(4)5/h2*2H,1H2,(H4,4,5,6). The van der Waals surface area contributed by atoms with E-state index in [1.165, 1.54) is 12.4 Å². The van der Waals surface area contributed by atoms with Gasteiger partial charge in [-0.05, 0) is 0 Å². The number of nitrogens with zero attached hydrogens (tertiary/aromatic N) is 2. The van der Waals surface area contributed by atoms with E-state index in [1.54, 1.807) is 0 Å². The minimum absolute atomic E-state index is 0.0463. The highest BCUT2D eigenvalue weighted by atomic mass is 15.0. The van der Waals surface area contributed by atoms with Crippen molar-refractivity contribution in [3.63, 3.8) is 0 Å². The molecule has 0 radical (unpaired) electrons. The fraction of sp³-hybridized carbons (Fsp3) is 0. The third kappa shape index (κ3) is 24.5. The van der Waals surface area contributed by atoms with Crippen LogP contribution in [-0.2, 0) is 0 Å². The normalized spacial score (nSPS) is 6.67. The average Bonchev–Trinajstić information content (AvgIpc) is 1.87. The number of hydrogen-bond donors (Lipinski definition) is 4. The van der Waals surface area contributed by atoms with Gasteiger partial charge in [-0.3, -0.25) is 0 Å². The molecule has 0 atom stereocenters. The fourth-order valence-corrected chi connectivity index (χ4v) is 0.211. The van der Waals surface area contributed by atoms with Crippen molar-refractivity contribution >= 4 is 11.9 Å². The molecular weight excluding hydrogens is 156 g/mol. The molecule has 0 saturated carbocycles. The number of rotatable bonds is 2. The molecular formula is C6H14N6. The van der Waals surface area contributed by atoms with E-state index in [9.17, 15) is 0 Å². The second-order valence-corrected chi connectivity index (χ2v) is 1.47. The van der Waals surface area contributed by atoms with Crippen molar-refractivity contribution in [1.29, 1.82) is 0 Å². The van der Waals surface area contributed by atoms with Gasteiger partial charge >= 0.3 is 0 Å². The van der Waals surface area contributed by atoms with Gasteiger partial charge in [-0.25, -0.2) is 9.98 Å². The molecule has 68 valence electrons. The Kier molecular flexibility index (Phi) is 9.53. The maximum atomic E-state index is 4.86. The maximum Gasteiger partial charge on any atom is 0.190 e. The summed E-state index contributed by atoms with van der Waals surface area (Å²) in [6.45, 7) is 6.51. The van der Waals surface area contributed by atoms with Crippen molar-refractivity contribution in [2.75, 3.05) is 0 Å².